The van der Waals surface area contributed by atoms with Gasteiger partial charge in [-0.1, -0.05) is 44.2 Å². The minimum absolute atomic E-state index is 0. The molecule has 0 saturated carbocycles. The van der Waals surface area contributed by atoms with Gasteiger partial charge in [-0.25, -0.2) is 0 Å². The van der Waals surface area contributed by atoms with Gasteiger partial charge in [0.1, 0.15) is 0 Å². The molecular formula is C22H36IN5. The Kier molecular flexibility index (Phi) is 9.47. The molecule has 2 aromatic rings. The molecule has 0 radical (unpaired) electrons. The van der Waals surface area contributed by atoms with Crippen molar-refractivity contribution in [2.75, 3.05) is 13.1 Å². The smallest absolute Gasteiger partial charge is 0.191 e. The van der Waals surface area contributed by atoms with E-state index < -0.39 is 0 Å². The second kappa shape index (κ2) is 10.8. The highest BCUT2D eigenvalue weighted by Gasteiger charge is 2.20. The van der Waals surface area contributed by atoms with E-state index in [0.717, 1.165) is 31.2 Å². The van der Waals surface area contributed by atoms with Gasteiger partial charge in [-0.05, 0) is 45.2 Å². The molecule has 0 aliphatic rings. The number of aliphatic imine (C=N–C) groups is 1. The van der Waals surface area contributed by atoms with E-state index >= 15 is 0 Å². The fraction of sp³-hybridized carbons (Fsp3) is 0.545. The van der Waals surface area contributed by atoms with E-state index in [1.54, 1.807) is 0 Å². The summed E-state index contributed by atoms with van der Waals surface area (Å²) in [5.41, 5.74) is 4.95. The number of hydrogen-bond donors (Lipinski definition) is 2. The quantitative estimate of drug-likeness (QED) is 0.344. The van der Waals surface area contributed by atoms with Crippen molar-refractivity contribution in [3.05, 3.63) is 52.8 Å². The summed E-state index contributed by atoms with van der Waals surface area (Å²) < 4.78 is 1.96. The highest BCUT2D eigenvalue weighted by Crippen LogP contribution is 2.23. The number of nitrogens with zero attached hydrogens (tertiary/aromatic N) is 3. The highest BCUT2D eigenvalue weighted by atomic mass is 127. The Hall–Kier alpha value is -1.57. The Morgan fingerprint density at radius 3 is 2.39 bits per heavy atom. The van der Waals surface area contributed by atoms with Gasteiger partial charge in [0.2, 0.25) is 0 Å². The summed E-state index contributed by atoms with van der Waals surface area (Å²) in [4.78, 5) is 4.87. The molecule has 0 saturated heterocycles. The van der Waals surface area contributed by atoms with E-state index in [1.807, 2.05) is 11.7 Å². The fourth-order valence-electron chi connectivity index (χ4n) is 3.28. The molecule has 28 heavy (non-hydrogen) atoms. The molecule has 156 valence electrons. The van der Waals surface area contributed by atoms with Crippen LogP contribution in [0.2, 0.25) is 0 Å². The molecule has 0 aliphatic carbocycles. The second-order valence-electron chi connectivity index (χ2n) is 7.97. The van der Waals surface area contributed by atoms with Crippen LogP contribution in [0.1, 0.15) is 50.2 Å². The molecule has 0 bridgehead atoms. The maximum absolute atomic E-state index is 4.87. The van der Waals surface area contributed by atoms with Crippen molar-refractivity contribution in [1.82, 2.24) is 20.4 Å². The highest BCUT2D eigenvalue weighted by molar-refractivity contribution is 14.0. The van der Waals surface area contributed by atoms with Crippen LogP contribution in [0, 0.1) is 13.8 Å². The van der Waals surface area contributed by atoms with Gasteiger partial charge in [0.15, 0.2) is 5.96 Å². The van der Waals surface area contributed by atoms with Crippen molar-refractivity contribution in [2.45, 2.75) is 59.4 Å². The SMILES string of the molecule is CCNC(=NCC(C)(C)c1ccccc1)NC(C)Cc1c(C)nn(C)c1C.I. The van der Waals surface area contributed by atoms with Gasteiger partial charge in [-0.15, -0.1) is 24.0 Å². The normalized spacial score (nSPS) is 13.0. The molecule has 0 fully saturated rings. The first-order chi connectivity index (χ1) is 12.7. The van der Waals surface area contributed by atoms with Crippen LogP contribution in [0.25, 0.3) is 0 Å². The van der Waals surface area contributed by atoms with E-state index in [2.05, 4.69) is 87.6 Å². The lowest BCUT2D eigenvalue weighted by Gasteiger charge is -2.24. The molecule has 2 rings (SSSR count). The van der Waals surface area contributed by atoms with E-state index in [4.69, 9.17) is 4.99 Å². The van der Waals surface area contributed by atoms with Gasteiger partial charge in [0.25, 0.3) is 0 Å². The first kappa shape index (κ1) is 24.5. The van der Waals surface area contributed by atoms with Gasteiger partial charge in [-0.2, -0.15) is 5.10 Å². The average Bonchev–Trinajstić information content (AvgIpc) is 2.87. The summed E-state index contributed by atoms with van der Waals surface area (Å²) in [6.45, 7) is 14.5. The molecule has 1 aromatic heterocycles. The van der Waals surface area contributed by atoms with Gasteiger partial charge >= 0.3 is 0 Å². The summed E-state index contributed by atoms with van der Waals surface area (Å²) in [5, 5.41) is 11.5. The number of nitrogens with one attached hydrogen (secondary N) is 2. The summed E-state index contributed by atoms with van der Waals surface area (Å²) in [6, 6.07) is 10.8. The summed E-state index contributed by atoms with van der Waals surface area (Å²) >= 11 is 0. The zero-order valence-electron chi connectivity index (χ0n) is 18.3. The number of guanidine groups is 1. The molecule has 0 spiro atoms. The average molecular weight is 497 g/mol. The number of benzene rings is 1. The Morgan fingerprint density at radius 1 is 1.21 bits per heavy atom. The van der Waals surface area contributed by atoms with Crippen molar-refractivity contribution >= 4 is 29.9 Å². The first-order valence-electron chi connectivity index (χ1n) is 9.84. The van der Waals surface area contributed by atoms with Gasteiger partial charge < -0.3 is 10.6 Å². The summed E-state index contributed by atoms with van der Waals surface area (Å²) in [6.07, 6.45) is 0.929. The predicted octanol–water partition coefficient (Wildman–Crippen LogP) is 4.12. The second-order valence-corrected chi connectivity index (χ2v) is 7.97. The molecule has 0 aliphatic heterocycles. The zero-order chi connectivity index (χ0) is 20.0. The fourth-order valence-corrected chi connectivity index (χ4v) is 3.28. The number of aryl methyl sites for hydroxylation is 2. The molecule has 2 N–H and O–H groups in total. The molecule has 1 atom stereocenters. The van der Waals surface area contributed by atoms with E-state index in [9.17, 15) is 0 Å². The number of aromatic nitrogens is 2. The monoisotopic (exact) mass is 497 g/mol. The van der Waals surface area contributed by atoms with Crippen molar-refractivity contribution in [3.63, 3.8) is 0 Å². The van der Waals surface area contributed by atoms with E-state index in [-0.39, 0.29) is 35.4 Å². The van der Waals surface area contributed by atoms with Crippen LogP contribution in [-0.4, -0.2) is 34.9 Å². The van der Waals surface area contributed by atoms with Crippen LogP contribution < -0.4 is 10.6 Å². The summed E-state index contributed by atoms with van der Waals surface area (Å²) in [7, 11) is 2.00. The van der Waals surface area contributed by atoms with E-state index in [0.29, 0.717) is 0 Å². The number of hydrogen-bond acceptors (Lipinski definition) is 2. The topological polar surface area (TPSA) is 54.2 Å². The van der Waals surface area contributed by atoms with Crippen LogP contribution in [-0.2, 0) is 18.9 Å². The van der Waals surface area contributed by atoms with Gasteiger partial charge in [0, 0.05) is 30.7 Å². The number of rotatable bonds is 7. The van der Waals surface area contributed by atoms with Crippen molar-refractivity contribution < 1.29 is 0 Å². The molecule has 5 nitrogen and oxygen atoms in total. The van der Waals surface area contributed by atoms with Gasteiger partial charge in [-0.3, -0.25) is 9.67 Å². The van der Waals surface area contributed by atoms with Crippen molar-refractivity contribution in [1.29, 1.82) is 0 Å². The molecule has 0 amide bonds. The van der Waals surface area contributed by atoms with Gasteiger partial charge in [0.05, 0.1) is 12.2 Å². The standard InChI is InChI=1S/C22H35N5.HI/c1-8-23-21(24-15-22(5,6)19-12-10-9-11-13-19)25-16(2)14-20-17(3)26-27(7)18(20)4;/h9-13,16H,8,14-15H2,1-7H3,(H2,23,24,25);1H. The van der Waals surface area contributed by atoms with Crippen LogP contribution in [0.4, 0.5) is 0 Å². The molecule has 1 heterocycles. The van der Waals surface area contributed by atoms with Crippen molar-refractivity contribution in [2.24, 2.45) is 12.0 Å². The minimum atomic E-state index is -0.0105. The van der Waals surface area contributed by atoms with E-state index in [1.165, 1.54) is 16.8 Å². The minimum Gasteiger partial charge on any atom is -0.357 e. The third-order valence-corrected chi connectivity index (χ3v) is 5.08. The lowest BCUT2D eigenvalue weighted by atomic mass is 9.85. The zero-order valence-corrected chi connectivity index (χ0v) is 20.7. The van der Waals surface area contributed by atoms with Crippen LogP contribution in [0.3, 0.4) is 0 Å². The Morgan fingerprint density at radius 2 is 1.86 bits per heavy atom. The predicted molar refractivity (Wildman–Crippen MR) is 130 cm³/mol. The van der Waals surface area contributed by atoms with Crippen LogP contribution in [0.5, 0.6) is 0 Å². The maximum atomic E-state index is 4.87. The summed E-state index contributed by atoms with van der Waals surface area (Å²) in [5.74, 6) is 0.869. The lowest BCUT2D eigenvalue weighted by Crippen LogP contribution is -2.43. The van der Waals surface area contributed by atoms with Crippen LogP contribution >= 0.6 is 24.0 Å². The Bertz CT molecular complexity index is 765. The maximum Gasteiger partial charge on any atom is 0.191 e. The molecule has 1 unspecified atom stereocenters. The molecule has 6 heteroatoms. The number of halogens is 1. The third-order valence-electron chi connectivity index (χ3n) is 5.08. The Labute approximate surface area is 187 Å². The Balaban J connectivity index is 0.00000392. The lowest BCUT2D eigenvalue weighted by molar-refractivity contribution is 0.534. The molecule has 1 aromatic carbocycles. The third kappa shape index (κ3) is 6.50. The van der Waals surface area contributed by atoms with Crippen LogP contribution in [0.15, 0.2) is 35.3 Å². The largest absolute Gasteiger partial charge is 0.357 e. The molecular weight excluding hydrogens is 461 g/mol. The van der Waals surface area contributed by atoms with Crippen molar-refractivity contribution in [3.8, 4) is 0 Å². The first-order valence-corrected chi connectivity index (χ1v) is 9.84.